The first-order valence-electron chi connectivity index (χ1n) is 11.4. The fourth-order valence-corrected chi connectivity index (χ4v) is 5.26. The van der Waals surface area contributed by atoms with Crippen molar-refractivity contribution in [1.82, 2.24) is 5.01 Å². The van der Waals surface area contributed by atoms with E-state index in [1.54, 1.807) is 5.01 Å². The van der Waals surface area contributed by atoms with E-state index in [0.29, 0.717) is 22.3 Å². The number of nitrogens with zero attached hydrogens (tertiary/aromatic N) is 3. The summed E-state index contributed by atoms with van der Waals surface area (Å²) in [4.78, 5) is 29.5. The van der Waals surface area contributed by atoms with Crippen LogP contribution in [-0.4, -0.2) is 33.0 Å². The fourth-order valence-electron chi connectivity index (χ4n) is 4.07. The van der Waals surface area contributed by atoms with Crippen molar-refractivity contribution in [2.45, 2.75) is 31.1 Å². The molecule has 9 heteroatoms. The van der Waals surface area contributed by atoms with Crippen molar-refractivity contribution in [3.05, 3.63) is 100 Å². The van der Waals surface area contributed by atoms with Crippen molar-refractivity contribution in [2.24, 2.45) is 10.1 Å². The van der Waals surface area contributed by atoms with Crippen LogP contribution in [-0.2, 0) is 9.59 Å². The molecule has 1 N–H and O–H groups in total. The van der Waals surface area contributed by atoms with Crippen LogP contribution in [0.15, 0.2) is 82.9 Å². The highest BCUT2D eigenvalue weighted by molar-refractivity contribution is 8.15. The van der Waals surface area contributed by atoms with Gasteiger partial charge in [-0.15, -0.1) is 0 Å². The molecule has 0 saturated carbocycles. The third-order valence-electron chi connectivity index (χ3n) is 5.97. The van der Waals surface area contributed by atoms with Gasteiger partial charge < -0.3 is 5.32 Å². The number of halogens is 2. The molecule has 0 radical (unpaired) electrons. The first-order valence-corrected chi connectivity index (χ1v) is 12.7. The number of amides is 2. The third-order valence-corrected chi connectivity index (χ3v) is 7.37. The minimum atomic E-state index is -0.662. The lowest BCUT2D eigenvalue weighted by Gasteiger charge is -2.23. The number of rotatable bonds is 5. The second-order valence-corrected chi connectivity index (χ2v) is 10.2. The molecule has 182 valence electrons. The lowest BCUT2D eigenvalue weighted by Crippen LogP contribution is -2.25. The highest BCUT2D eigenvalue weighted by atomic mass is 35.5. The van der Waals surface area contributed by atoms with Gasteiger partial charge in [0.15, 0.2) is 5.17 Å². The van der Waals surface area contributed by atoms with Gasteiger partial charge in [0.25, 0.3) is 5.91 Å². The Labute approximate surface area is 217 Å². The summed E-state index contributed by atoms with van der Waals surface area (Å²) in [6.07, 6.45) is 0.579. The minimum absolute atomic E-state index is 0.0537. The van der Waals surface area contributed by atoms with Gasteiger partial charge in [0.05, 0.1) is 11.8 Å². The van der Waals surface area contributed by atoms with Crippen molar-refractivity contribution >= 4 is 51.7 Å². The second-order valence-electron chi connectivity index (χ2n) is 8.63. The van der Waals surface area contributed by atoms with Crippen molar-refractivity contribution in [2.75, 3.05) is 5.32 Å². The molecule has 2 aliphatic heterocycles. The number of carbonyl (C=O) groups excluding carboxylic acids is 2. The Kier molecular flexibility index (Phi) is 6.89. The molecule has 2 amide bonds. The zero-order valence-electron chi connectivity index (χ0n) is 19.3. The van der Waals surface area contributed by atoms with Crippen LogP contribution in [0.3, 0.4) is 0 Å². The lowest BCUT2D eigenvalue weighted by molar-refractivity contribution is -0.121. The van der Waals surface area contributed by atoms with Gasteiger partial charge in [-0.2, -0.15) is 10.1 Å². The van der Waals surface area contributed by atoms with Gasteiger partial charge in [-0.25, -0.2) is 9.40 Å². The van der Waals surface area contributed by atoms with Gasteiger partial charge in [0.2, 0.25) is 5.91 Å². The molecule has 0 spiro atoms. The Bertz CT molecular complexity index is 1360. The molecular weight excluding hydrogens is 499 g/mol. The maximum Gasteiger partial charge on any atom is 0.262 e. The molecule has 0 saturated heterocycles. The molecule has 2 atom stereocenters. The third kappa shape index (κ3) is 5.34. The molecule has 3 aromatic carbocycles. The average molecular weight is 521 g/mol. The van der Waals surface area contributed by atoms with Crippen molar-refractivity contribution < 1.29 is 14.0 Å². The molecule has 2 aliphatic rings. The molecule has 0 aliphatic carbocycles. The highest BCUT2D eigenvalue weighted by Gasteiger charge is 2.39. The van der Waals surface area contributed by atoms with E-state index < -0.39 is 5.25 Å². The summed E-state index contributed by atoms with van der Waals surface area (Å²) in [5.74, 6) is -1.11. The standard InChI is InChI=1S/C27H22ClFN4O2S/c1-16-2-4-17(5-3-16)22-14-23(18-6-8-19(28)9-7-18)33(32-22)27-31-26(35)24(36-27)15-25(34)30-21-12-10-20(29)11-13-21/h2-13,23-24H,14-15H2,1H3,(H,30,34). The number of hydrogen-bond donors (Lipinski definition) is 1. The summed E-state index contributed by atoms with van der Waals surface area (Å²) in [6.45, 7) is 2.03. The number of aryl methyl sites for hydroxylation is 1. The van der Waals surface area contributed by atoms with Crippen LogP contribution in [0.25, 0.3) is 0 Å². The van der Waals surface area contributed by atoms with Crippen LogP contribution in [0.2, 0.25) is 5.02 Å². The summed E-state index contributed by atoms with van der Waals surface area (Å²) >= 11 is 7.33. The van der Waals surface area contributed by atoms with E-state index in [-0.39, 0.29) is 30.1 Å². The van der Waals surface area contributed by atoms with E-state index in [4.69, 9.17) is 16.7 Å². The van der Waals surface area contributed by atoms with Crippen LogP contribution in [0.1, 0.15) is 35.6 Å². The monoisotopic (exact) mass is 520 g/mol. The SMILES string of the molecule is Cc1ccc(C2=NN(C3=NC(=O)C(CC(=O)Nc4ccc(F)cc4)S3)C(c3ccc(Cl)cc3)C2)cc1. The van der Waals surface area contributed by atoms with Gasteiger partial charge in [-0.3, -0.25) is 9.59 Å². The number of hydrogen-bond acceptors (Lipinski definition) is 5. The normalized spacial score (nSPS) is 19.3. The number of benzene rings is 3. The Morgan fingerprint density at radius 3 is 2.47 bits per heavy atom. The number of thioether (sulfide) groups is 1. The molecule has 2 unspecified atom stereocenters. The number of amidine groups is 1. The van der Waals surface area contributed by atoms with Gasteiger partial charge in [-0.05, 0) is 54.4 Å². The predicted octanol–water partition coefficient (Wildman–Crippen LogP) is 5.97. The van der Waals surface area contributed by atoms with E-state index in [0.717, 1.165) is 22.4 Å². The zero-order chi connectivity index (χ0) is 25.2. The first-order chi connectivity index (χ1) is 17.4. The number of nitrogens with one attached hydrogen (secondary N) is 1. The van der Waals surface area contributed by atoms with Crippen LogP contribution < -0.4 is 5.32 Å². The van der Waals surface area contributed by atoms with Crippen LogP contribution >= 0.6 is 23.4 Å². The van der Waals surface area contributed by atoms with E-state index in [1.807, 2.05) is 55.5 Å². The quantitative estimate of drug-likeness (QED) is 0.450. The number of anilines is 1. The van der Waals surface area contributed by atoms with Crippen LogP contribution in [0, 0.1) is 12.7 Å². The molecule has 2 heterocycles. The molecule has 6 nitrogen and oxygen atoms in total. The largest absolute Gasteiger partial charge is 0.326 e. The summed E-state index contributed by atoms with van der Waals surface area (Å²) in [5.41, 5.74) is 4.52. The van der Waals surface area contributed by atoms with Crippen molar-refractivity contribution in [3.63, 3.8) is 0 Å². The second kappa shape index (κ2) is 10.2. The van der Waals surface area contributed by atoms with Crippen molar-refractivity contribution in [1.29, 1.82) is 0 Å². The number of aliphatic imine (C=N–C) groups is 1. The van der Waals surface area contributed by atoms with Gasteiger partial charge in [0.1, 0.15) is 11.1 Å². The fraction of sp³-hybridized carbons (Fsp3) is 0.185. The van der Waals surface area contributed by atoms with Crippen LogP contribution in [0.5, 0.6) is 0 Å². The summed E-state index contributed by atoms with van der Waals surface area (Å²) in [6, 6.07) is 21.0. The number of hydrazone groups is 1. The summed E-state index contributed by atoms with van der Waals surface area (Å²) in [7, 11) is 0. The Hall–Kier alpha value is -3.49. The molecule has 5 rings (SSSR count). The zero-order valence-corrected chi connectivity index (χ0v) is 20.9. The maximum atomic E-state index is 13.1. The molecular formula is C27H22ClFN4O2S. The smallest absolute Gasteiger partial charge is 0.262 e. The van der Waals surface area contributed by atoms with Gasteiger partial charge in [0, 0.05) is 23.6 Å². The van der Waals surface area contributed by atoms with Crippen molar-refractivity contribution in [3.8, 4) is 0 Å². The highest BCUT2D eigenvalue weighted by Crippen LogP contribution is 2.39. The van der Waals surface area contributed by atoms with Gasteiger partial charge >= 0.3 is 0 Å². The van der Waals surface area contributed by atoms with E-state index >= 15 is 0 Å². The maximum absolute atomic E-state index is 13.1. The molecule has 36 heavy (non-hydrogen) atoms. The Morgan fingerprint density at radius 1 is 1.08 bits per heavy atom. The Balaban J connectivity index is 1.35. The predicted molar refractivity (Wildman–Crippen MR) is 142 cm³/mol. The molecule has 0 fully saturated rings. The minimum Gasteiger partial charge on any atom is -0.326 e. The summed E-state index contributed by atoms with van der Waals surface area (Å²) in [5, 5.41) is 9.76. The topological polar surface area (TPSA) is 74.1 Å². The molecule has 0 bridgehead atoms. The van der Waals surface area contributed by atoms with Gasteiger partial charge in [-0.1, -0.05) is 65.3 Å². The Morgan fingerprint density at radius 2 is 1.78 bits per heavy atom. The molecule has 0 aromatic heterocycles. The lowest BCUT2D eigenvalue weighted by atomic mass is 9.98. The van der Waals surface area contributed by atoms with E-state index in [9.17, 15) is 14.0 Å². The number of carbonyl (C=O) groups is 2. The van der Waals surface area contributed by atoms with E-state index in [2.05, 4.69) is 10.3 Å². The molecule has 3 aromatic rings. The van der Waals surface area contributed by atoms with E-state index in [1.165, 1.54) is 36.0 Å². The average Bonchev–Trinajstić information content (AvgIpc) is 3.45. The summed E-state index contributed by atoms with van der Waals surface area (Å²) < 4.78 is 13.1. The van der Waals surface area contributed by atoms with Crippen LogP contribution in [0.4, 0.5) is 10.1 Å². The first kappa shape index (κ1) is 24.2.